The van der Waals surface area contributed by atoms with Crippen molar-refractivity contribution in [2.45, 2.75) is 13.3 Å². The van der Waals surface area contributed by atoms with Gasteiger partial charge in [0.15, 0.2) is 5.11 Å². The Morgan fingerprint density at radius 1 is 1.26 bits per heavy atom. The maximum atomic E-state index is 5.39. The van der Waals surface area contributed by atoms with E-state index in [0.717, 1.165) is 30.9 Å². The number of nitrogens with one attached hydrogen (secondary N) is 3. The Kier molecular flexibility index (Phi) is 7.22. The normalized spacial score (nSPS) is 10.3. The van der Waals surface area contributed by atoms with E-state index in [-0.39, 0.29) is 0 Å². The van der Waals surface area contributed by atoms with Gasteiger partial charge in [-0.2, -0.15) is 0 Å². The molecule has 0 unspecified atom stereocenters. The molecule has 1 aromatic carbocycles. The number of hydrogen-bond donors (Lipinski definition) is 3. The molecule has 0 radical (unpaired) electrons. The Morgan fingerprint density at radius 3 is 2.53 bits per heavy atom. The van der Waals surface area contributed by atoms with Crippen molar-refractivity contribution < 1.29 is 9.64 Å². The van der Waals surface area contributed by atoms with E-state index in [1.54, 1.807) is 0 Å². The smallest absolute Gasteiger partial charge is 0.170 e. The van der Waals surface area contributed by atoms with Crippen LogP contribution in [-0.4, -0.2) is 38.9 Å². The molecule has 0 aliphatic heterocycles. The lowest BCUT2D eigenvalue weighted by Crippen LogP contribution is -3.05. The summed E-state index contributed by atoms with van der Waals surface area (Å²) in [5, 5.41) is 7.02. The van der Waals surface area contributed by atoms with Gasteiger partial charge in [0.2, 0.25) is 0 Å². The molecule has 0 atom stereocenters. The minimum absolute atomic E-state index is 0.665. The molecule has 3 N–H and O–H groups in total. The highest BCUT2D eigenvalue weighted by Crippen LogP contribution is 2.15. The minimum Gasteiger partial charge on any atom is -0.494 e. The predicted molar refractivity (Wildman–Crippen MR) is 84.1 cm³/mol. The van der Waals surface area contributed by atoms with Crippen molar-refractivity contribution in [3.63, 3.8) is 0 Å². The van der Waals surface area contributed by atoms with Crippen LogP contribution in [0.1, 0.15) is 13.3 Å². The number of rotatable bonds is 7. The third kappa shape index (κ3) is 6.98. The molecule has 0 amide bonds. The van der Waals surface area contributed by atoms with Gasteiger partial charge in [0.25, 0.3) is 0 Å². The predicted octanol–water partition coefficient (Wildman–Crippen LogP) is 0.906. The van der Waals surface area contributed by atoms with Crippen molar-refractivity contribution in [3.8, 4) is 5.75 Å². The average Bonchev–Trinajstić information content (AvgIpc) is 2.37. The van der Waals surface area contributed by atoms with E-state index in [1.165, 1.54) is 4.90 Å². The second-order valence-electron chi connectivity index (χ2n) is 4.65. The summed E-state index contributed by atoms with van der Waals surface area (Å²) in [5.74, 6) is 0.876. The van der Waals surface area contributed by atoms with Crippen LogP contribution >= 0.6 is 12.2 Å². The van der Waals surface area contributed by atoms with Gasteiger partial charge in [-0.3, -0.25) is 0 Å². The SMILES string of the molecule is CCOc1ccc(NC(=S)NCCC[NH+](C)C)cc1. The molecule has 5 heteroatoms. The molecule has 0 fully saturated rings. The van der Waals surface area contributed by atoms with E-state index in [2.05, 4.69) is 24.7 Å². The Balaban J connectivity index is 2.27. The molecular formula is C14H24N3OS+. The topological polar surface area (TPSA) is 37.7 Å². The second-order valence-corrected chi connectivity index (χ2v) is 5.06. The molecule has 106 valence electrons. The van der Waals surface area contributed by atoms with Gasteiger partial charge < -0.3 is 20.3 Å². The van der Waals surface area contributed by atoms with E-state index in [9.17, 15) is 0 Å². The zero-order valence-corrected chi connectivity index (χ0v) is 12.8. The highest BCUT2D eigenvalue weighted by Gasteiger charge is 1.99. The molecule has 0 aromatic heterocycles. The lowest BCUT2D eigenvalue weighted by Gasteiger charge is -2.12. The van der Waals surface area contributed by atoms with Gasteiger partial charge in [-0.25, -0.2) is 0 Å². The summed E-state index contributed by atoms with van der Waals surface area (Å²) in [4.78, 5) is 1.45. The van der Waals surface area contributed by atoms with Crippen LogP contribution in [0.15, 0.2) is 24.3 Å². The Hall–Kier alpha value is -1.33. The number of thiocarbonyl (C=S) groups is 1. The van der Waals surface area contributed by atoms with Crippen LogP contribution in [0, 0.1) is 0 Å². The lowest BCUT2D eigenvalue weighted by molar-refractivity contribution is -0.858. The third-order valence-corrected chi connectivity index (χ3v) is 2.81. The number of anilines is 1. The first-order valence-corrected chi connectivity index (χ1v) is 7.09. The Labute approximate surface area is 121 Å². The summed E-state index contributed by atoms with van der Waals surface area (Å²) >= 11 is 5.24. The maximum absolute atomic E-state index is 5.39. The highest BCUT2D eigenvalue weighted by molar-refractivity contribution is 7.80. The zero-order chi connectivity index (χ0) is 14.1. The molecule has 0 heterocycles. The first-order valence-electron chi connectivity index (χ1n) is 6.68. The molecule has 0 spiro atoms. The van der Waals surface area contributed by atoms with Gasteiger partial charge in [-0.05, 0) is 43.4 Å². The van der Waals surface area contributed by atoms with Crippen LogP contribution < -0.4 is 20.3 Å². The molecule has 0 saturated carbocycles. The Bertz CT molecular complexity index is 379. The van der Waals surface area contributed by atoms with Crippen LogP contribution in [0.25, 0.3) is 0 Å². The summed E-state index contributed by atoms with van der Waals surface area (Å²) < 4.78 is 5.39. The summed E-state index contributed by atoms with van der Waals surface area (Å²) in [6.07, 6.45) is 1.10. The van der Waals surface area contributed by atoms with Gasteiger partial charge in [-0.1, -0.05) is 0 Å². The molecule has 0 bridgehead atoms. The number of ether oxygens (including phenoxy) is 1. The number of benzene rings is 1. The van der Waals surface area contributed by atoms with Crippen LogP contribution in [-0.2, 0) is 0 Å². The molecule has 0 aliphatic carbocycles. The van der Waals surface area contributed by atoms with E-state index in [0.29, 0.717) is 11.7 Å². The standard InChI is InChI=1S/C14H23N3OS/c1-4-18-13-8-6-12(7-9-13)16-14(19)15-10-5-11-17(2)3/h6-9H,4-5,10-11H2,1-3H3,(H2,15,16,19)/p+1. The van der Waals surface area contributed by atoms with E-state index in [1.807, 2.05) is 31.2 Å². The van der Waals surface area contributed by atoms with Crippen molar-refractivity contribution in [2.75, 3.05) is 39.1 Å². The molecular weight excluding hydrogens is 258 g/mol. The van der Waals surface area contributed by atoms with Crippen molar-refractivity contribution in [1.29, 1.82) is 0 Å². The second kappa shape index (κ2) is 8.72. The fourth-order valence-corrected chi connectivity index (χ4v) is 1.84. The van der Waals surface area contributed by atoms with Crippen LogP contribution in [0.5, 0.6) is 5.75 Å². The number of quaternary nitrogens is 1. The minimum atomic E-state index is 0.665. The summed E-state index contributed by atoms with van der Waals surface area (Å²) in [7, 11) is 4.30. The van der Waals surface area contributed by atoms with Crippen molar-refractivity contribution >= 4 is 23.0 Å². The average molecular weight is 282 g/mol. The van der Waals surface area contributed by atoms with Crippen LogP contribution in [0.2, 0.25) is 0 Å². The highest BCUT2D eigenvalue weighted by atomic mass is 32.1. The third-order valence-electron chi connectivity index (χ3n) is 2.56. The van der Waals surface area contributed by atoms with Crippen molar-refractivity contribution in [2.24, 2.45) is 0 Å². The summed E-state index contributed by atoms with van der Waals surface area (Å²) in [5.41, 5.74) is 0.971. The molecule has 4 nitrogen and oxygen atoms in total. The molecule has 0 saturated heterocycles. The largest absolute Gasteiger partial charge is 0.494 e. The van der Waals surface area contributed by atoms with Gasteiger partial charge >= 0.3 is 0 Å². The van der Waals surface area contributed by atoms with E-state index in [4.69, 9.17) is 17.0 Å². The monoisotopic (exact) mass is 282 g/mol. The van der Waals surface area contributed by atoms with E-state index >= 15 is 0 Å². The lowest BCUT2D eigenvalue weighted by atomic mass is 10.3. The van der Waals surface area contributed by atoms with Gasteiger partial charge in [0, 0.05) is 18.7 Å². The number of hydrogen-bond acceptors (Lipinski definition) is 2. The van der Waals surface area contributed by atoms with Crippen LogP contribution in [0.4, 0.5) is 5.69 Å². The first-order chi connectivity index (χ1) is 9.11. The first kappa shape index (κ1) is 15.7. The fourth-order valence-electron chi connectivity index (χ4n) is 1.62. The van der Waals surface area contributed by atoms with E-state index < -0.39 is 0 Å². The molecule has 1 rings (SSSR count). The fraction of sp³-hybridized carbons (Fsp3) is 0.500. The van der Waals surface area contributed by atoms with Gasteiger partial charge in [0.1, 0.15) is 5.75 Å². The summed E-state index contributed by atoms with van der Waals surface area (Å²) in [6, 6.07) is 7.79. The van der Waals surface area contributed by atoms with Crippen molar-refractivity contribution in [3.05, 3.63) is 24.3 Å². The van der Waals surface area contributed by atoms with Gasteiger partial charge in [0.05, 0.1) is 27.2 Å². The summed E-state index contributed by atoms with van der Waals surface area (Å²) in [6.45, 7) is 4.69. The van der Waals surface area contributed by atoms with Crippen molar-refractivity contribution in [1.82, 2.24) is 5.32 Å². The zero-order valence-electron chi connectivity index (χ0n) is 12.0. The maximum Gasteiger partial charge on any atom is 0.170 e. The van der Waals surface area contributed by atoms with Gasteiger partial charge in [-0.15, -0.1) is 0 Å². The van der Waals surface area contributed by atoms with Crippen LogP contribution in [0.3, 0.4) is 0 Å². The molecule has 0 aliphatic rings. The molecule has 19 heavy (non-hydrogen) atoms. The Morgan fingerprint density at radius 2 is 1.95 bits per heavy atom. The molecule has 1 aromatic rings. The quantitative estimate of drug-likeness (QED) is 0.513.